The fourth-order valence-corrected chi connectivity index (χ4v) is 2.57. The van der Waals surface area contributed by atoms with Crippen LogP contribution in [0.2, 0.25) is 0 Å². The van der Waals surface area contributed by atoms with Crippen LogP contribution in [0, 0.1) is 0 Å². The third-order valence-electron chi connectivity index (χ3n) is 4.00. The van der Waals surface area contributed by atoms with E-state index < -0.39 is 23.6 Å². The largest absolute Gasteiger partial charge is 0.476 e. The van der Waals surface area contributed by atoms with E-state index in [1.807, 2.05) is 0 Å². The first-order chi connectivity index (χ1) is 12.3. The summed E-state index contributed by atoms with van der Waals surface area (Å²) >= 11 is 0. The summed E-state index contributed by atoms with van der Waals surface area (Å²) in [7, 11) is 0. The predicted molar refractivity (Wildman–Crippen MR) is 83.3 cm³/mol. The molecule has 0 bridgehead atoms. The summed E-state index contributed by atoms with van der Waals surface area (Å²) in [5.74, 6) is -1.86. The van der Waals surface area contributed by atoms with Gasteiger partial charge in [-0.2, -0.15) is 13.2 Å². The molecule has 3 rings (SSSR count). The van der Waals surface area contributed by atoms with Crippen LogP contribution in [0.1, 0.15) is 44.9 Å². The summed E-state index contributed by atoms with van der Waals surface area (Å²) in [6.45, 7) is -0.207. The molecule has 9 heteroatoms. The molecular formula is C17H14F3N3O3. The van der Waals surface area contributed by atoms with Gasteiger partial charge >= 0.3 is 12.1 Å². The number of nitrogens with zero attached hydrogens (tertiary/aromatic N) is 3. The summed E-state index contributed by atoms with van der Waals surface area (Å²) in [6, 6.07) is 4.94. The second-order valence-corrected chi connectivity index (χ2v) is 5.91. The Labute approximate surface area is 146 Å². The Balaban J connectivity index is 1.87. The number of hydrogen-bond donors (Lipinski definition) is 1. The highest BCUT2D eigenvalue weighted by molar-refractivity contribution is 5.93. The highest BCUT2D eigenvalue weighted by atomic mass is 19.4. The molecule has 2 aromatic rings. The number of carboxylic acids is 1. The average Bonchev–Trinajstić information content (AvgIpc) is 3.43. The summed E-state index contributed by atoms with van der Waals surface area (Å²) in [5, 5.41) is 8.82. The number of carbonyl (C=O) groups excluding carboxylic acids is 1. The van der Waals surface area contributed by atoms with Crippen molar-refractivity contribution in [3.8, 4) is 0 Å². The highest BCUT2D eigenvalue weighted by Gasteiger charge is 2.37. The minimum atomic E-state index is -4.52. The zero-order valence-electron chi connectivity index (χ0n) is 13.4. The molecule has 0 saturated heterocycles. The maximum Gasteiger partial charge on any atom is 0.416 e. The number of halogens is 3. The summed E-state index contributed by atoms with van der Waals surface area (Å²) in [4.78, 5) is 32.2. The van der Waals surface area contributed by atoms with E-state index in [2.05, 4.69) is 9.97 Å². The maximum atomic E-state index is 13.2. The first-order valence-corrected chi connectivity index (χ1v) is 7.79. The Morgan fingerprint density at radius 3 is 2.27 bits per heavy atom. The lowest BCUT2D eigenvalue weighted by molar-refractivity contribution is -0.138. The van der Waals surface area contributed by atoms with Gasteiger partial charge < -0.3 is 10.0 Å². The summed E-state index contributed by atoms with van der Waals surface area (Å²) in [6.07, 6.45) is -1.15. The molecule has 1 aromatic heterocycles. The van der Waals surface area contributed by atoms with Gasteiger partial charge in [-0.1, -0.05) is 18.2 Å². The lowest BCUT2D eigenvalue weighted by Gasteiger charge is -2.24. The van der Waals surface area contributed by atoms with Crippen LogP contribution in [0.5, 0.6) is 0 Å². The Bertz CT molecular complexity index is 833. The molecule has 0 spiro atoms. The topological polar surface area (TPSA) is 83.4 Å². The number of carbonyl (C=O) groups is 2. The quantitative estimate of drug-likeness (QED) is 0.881. The normalized spacial score (nSPS) is 14.1. The Morgan fingerprint density at radius 2 is 1.73 bits per heavy atom. The van der Waals surface area contributed by atoms with Crippen molar-refractivity contribution in [1.29, 1.82) is 0 Å². The fraction of sp³-hybridized carbons (Fsp3) is 0.294. The van der Waals surface area contributed by atoms with Gasteiger partial charge in [0.05, 0.1) is 18.0 Å². The van der Waals surface area contributed by atoms with Gasteiger partial charge in [0.2, 0.25) is 0 Å². The monoisotopic (exact) mass is 365 g/mol. The minimum Gasteiger partial charge on any atom is -0.476 e. The van der Waals surface area contributed by atoms with Crippen LogP contribution >= 0.6 is 0 Å². The highest BCUT2D eigenvalue weighted by Crippen LogP contribution is 2.35. The Kier molecular flexibility index (Phi) is 4.62. The molecule has 0 unspecified atom stereocenters. The fourth-order valence-electron chi connectivity index (χ4n) is 2.57. The maximum absolute atomic E-state index is 13.2. The van der Waals surface area contributed by atoms with E-state index in [-0.39, 0.29) is 29.5 Å². The molecule has 0 radical (unpaired) electrons. The van der Waals surface area contributed by atoms with Gasteiger partial charge in [0, 0.05) is 12.6 Å². The van der Waals surface area contributed by atoms with Crippen LogP contribution < -0.4 is 0 Å². The van der Waals surface area contributed by atoms with Gasteiger partial charge in [0.25, 0.3) is 5.91 Å². The van der Waals surface area contributed by atoms with Gasteiger partial charge in [-0.05, 0) is 24.5 Å². The summed E-state index contributed by atoms with van der Waals surface area (Å²) in [5.41, 5.74) is -1.21. The van der Waals surface area contributed by atoms with Gasteiger partial charge in [0.1, 0.15) is 5.69 Å². The third kappa shape index (κ3) is 3.81. The van der Waals surface area contributed by atoms with Crippen LogP contribution in [0.3, 0.4) is 0 Å². The Morgan fingerprint density at radius 1 is 1.12 bits per heavy atom. The molecule has 0 aliphatic heterocycles. The number of amides is 1. The van der Waals surface area contributed by atoms with E-state index in [0.717, 1.165) is 18.5 Å². The van der Waals surface area contributed by atoms with E-state index in [1.54, 1.807) is 0 Å². The smallest absolute Gasteiger partial charge is 0.416 e. The average molecular weight is 365 g/mol. The number of hydrogen-bond acceptors (Lipinski definition) is 4. The van der Waals surface area contributed by atoms with Crippen LogP contribution in [-0.4, -0.2) is 37.9 Å². The van der Waals surface area contributed by atoms with E-state index in [0.29, 0.717) is 12.8 Å². The molecule has 6 nitrogen and oxygen atoms in total. The molecule has 136 valence electrons. The number of aromatic nitrogens is 2. The first-order valence-electron chi connectivity index (χ1n) is 7.79. The van der Waals surface area contributed by atoms with E-state index >= 15 is 0 Å². The second-order valence-electron chi connectivity index (χ2n) is 5.91. The molecule has 1 aliphatic rings. The van der Waals surface area contributed by atoms with Crippen molar-refractivity contribution >= 4 is 11.9 Å². The number of alkyl halides is 3. The molecule has 1 aromatic carbocycles. The predicted octanol–water partition coefficient (Wildman–Crippen LogP) is 3.00. The molecular weight excluding hydrogens is 351 g/mol. The summed E-state index contributed by atoms with van der Waals surface area (Å²) < 4.78 is 39.5. The SMILES string of the molecule is O=C(O)c1cnc(C(=O)N(Cc2ccccc2C(F)(F)F)C2CC2)cn1. The lowest BCUT2D eigenvalue weighted by atomic mass is 10.1. The van der Waals surface area contributed by atoms with Crippen molar-refractivity contribution in [3.05, 3.63) is 59.2 Å². The molecule has 26 heavy (non-hydrogen) atoms. The van der Waals surface area contributed by atoms with Gasteiger partial charge in [0.15, 0.2) is 5.69 Å². The van der Waals surface area contributed by atoms with Gasteiger partial charge in [-0.25, -0.2) is 14.8 Å². The van der Waals surface area contributed by atoms with Crippen LogP contribution in [0.25, 0.3) is 0 Å². The molecule has 1 heterocycles. The van der Waals surface area contributed by atoms with E-state index in [9.17, 15) is 22.8 Å². The third-order valence-corrected chi connectivity index (χ3v) is 4.00. The van der Waals surface area contributed by atoms with Gasteiger partial charge in [-0.15, -0.1) is 0 Å². The van der Waals surface area contributed by atoms with Crippen molar-refractivity contribution in [3.63, 3.8) is 0 Å². The van der Waals surface area contributed by atoms with Crippen LogP contribution in [0.15, 0.2) is 36.7 Å². The number of benzene rings is 1. The molecule has 1 N–H and O–H groups in total. The van der Waals surface area contributed by atoms with Crippen molar-refractivity contribution in [2.45, 2.75) is 31.6 Å². The molecule has 1 saturated carbocycles. The zero-order chi connectivity index (χ0) is 18.9. The van der Waals surface area contributed by atoms with E-state index in [4.69, 9.17) is 5.11 Å². The second kappa shape index (κ2) is 6.74. The lowest BCUT2D eigenvalue weighted by Crippen LogP contribution is -2.34. The van der Waals surface area contributed by atoms with Crippen LogP contribution in [-0.2, 0) is 12.7 Å². The van der Waals surface area contributed by atoms with Crippen molar-refractivity contribution in [2.75, 3.05) is 0 Å². The minimum absolute atomic E-state index is 0.00429. The number of aromatic carboxylic acids is 1. The first kappa shape index (κ1) is 17.8. The van der Waals surface area contributed by atoms with Gasteiger partial charge in [-0.3, -0.25) is 4.79 Å². The van der Waals surface area contributed by atoms with Crippen LogP contribution in [0.4, 0.5) is 13.2 Å². The van der Waals surface area contributed by atoms with E-state index in [1.165, 1.54) is 23.1 Å². The molecule has 0 atom stereocenters. The standard InChI is InChI=1S/C17H14F3N3O3/c18-17(19,20)12-4-2-1-3-10(12)9-23(11-5-6-11)15(24)13-7-22-14(8-21-13)16(25)26/h1-4,7-8,11H,5-6,9H2,(H,25,26). The Hall–Kier alpha value is -2.97. The zero-order valence-corrected chi connectivity index (χ0v) is 13.4. The number of carboxylic acid groups (broad SMARTS) is 1. The van der Waals surface area contributed by atoms with Crippen molar-refractivity contribution < 1.29 is 27.9 Å². The van der Waals surface area contributed by atoms with Crippen molar-refractivity contribution in [2.24, 2.45) is 0 Å². The van der Waals surface area contributed by atoms with Crippen molar-refractivity contribution in [1.82, 2.24) is 14.9 Å². The molecule has 1 amide bonds. The number of rotatable bonds is 5. The molecule has 1 aliphatic carbocycles. The molecule has 1 fully saturated rings.